The Morgan fingerprint density at radius 2 is 1.94 bits per heavy atom. The summed E-state index contributed by atoms with van der Waals surface area (Å²) in [6.07, 6.45) is 1.36. The van der Waals surface area contributed by atoms with Gasteiger partial charge in [-0.25, -0.2) is 9.59 Å². The Balaban J connectivity index is 3.14. The number of esters is 2. The van der Waals surface area contributed by atoms with E-state index in [1.807, 2.05) is 0 Å². The van der Waals surface area contributed by atoms with Gasteiger partial charge in [0.05, 0.1) is 14.2 Å². The van der Waals surface area contributed by atoms with Crippen molar-refractivity contribution in [1.29, 1.82) is 0 Å². The van der Waals surface area contributed by atoms with Crippen LogP contribution in [-0.4, -0.2) is 26.2 Å². The molecule has 1 rings (SSSR count). The number of ether oxygens (including phenoxy) is 2. The molecule has 0 bridgehead atoms. The third-order valence-electron chi connectivity index (χ3n) is 2.23. The zero-order valence-corrected chi connectivity index (χ0v) is 10.2. The first-order valence-electron chi connectivity index (χ1n) is 5.21. The molecule has 0 spiro atoms. The first-order valence-corrected chi connectivity index (χ1v) is 5.21. The van der Waals surface area contributed by atoms with Gasteiger partial charge in [-0.05, 0) is 29.3 Å². The highest BCUT2D eigenvalue weighted by Crippen LogP contribution is 2.11. The van der Waals surface area contributed by atoms with E-state index in [0.717, 1.165) is 5.56 Å². The summed E-state index contributed by atoms with van der Waals surface area (Å²) in [4.78, 5) is 22.9. The van der Waals surface area contributed by atoms with E-state index in [4.69, 9.17) is 5.73 Å². The summed E-state index contributed by atoms with van der Waals surface area (Å²) >= 11 is 0. The van der Waals surface area contributed by atoms with Crippen molar-refractivity contribution in [3.05, 3.63) is 41.0 Å². The molecule has 18 heavy (non-hydrogen) atoms. The van der Waals surface area contributed by atoms with Crippen molar-refractivity contribution >= 4 is 18.0 Å². The summed E-state index contributed by atoms with van der Waals surface area (Å²) in [7, 11) is 2.39. The van der Waals surface area contributed by atoms with Crippen LogP contribution in [0.4, 0.5) is 0 Å². The number of rotatable bonds is 4. The molecule has 0 aliphatic rings. The molecule has 0 atom stereocenters. The van der Waals surface area contributed by atoms with Crippen LogP contribution in [0.3, 0.4) is 0 Å². The summed E-state index contributed by atoms with van der Waals surface area (Å²) in [5, 5.41) is 0. The van der Waals surface area contributed by atoms with Gasteiger partial charge in [0.2, 0.25) is 0 Å². The molecule has 0 amide bonds. The Morgan fingerprint density at radius 3 is 2.44 bits per heavy atom. The number of benzene rings is 1. The van der Waals surface area contributed by atoms with Crippen LogP contribution in [-0.2, 0) is 25.6 Å². The summed E-state index contributed by atoms with van der Waals surface area (Å²) in [5.41, 5.74) is 6.74. The normalized spacial score (nSPS) is 9.50. The molecule has 1 aromatic rings. The van der Waals surface area contributed by atoms with Gasteiger partial charge in [-0.1, -0.05) is 12.1 Å². The predicted octanol–water partition coefficient (Wildman–Crippen LogP) is 0.675. The van der Waals surface area contributed by atoms with E-state index in [1.165, 1.54) is 20.3 Å². The van der Waals surface area contributed by atoms with Gasteiger partial charge < -0.3 is 15.2 Å². The van der Waals surface area contributed by atoms with Crippen molar-refractivity contribution in [2.75, 3.05) is 14.2 Å². The van der Waals surface area contributed by atoms with Gasteiger partial charge in [0.15, 0.2) is 0 Å². The lowest BCUT2D eigenvalue weighted by atomic mass is 10.1. The average molecular weight is 248 g/mol. The SMILES string of the molecule is COC(=O)C(=Cc1[c]ccc(CN)c1)C(=O)OC. The average Bonchev–Trinajstić information content (AvgIpc) is 2.43. The first kappa shape index (κ1) is 13.9. The van der Waals surface area contributed by atoms with Crippen molar-refractivity contribution < 1.29 is 19.1 Å². The van der Waals surface area contributed by atoms with E-state index in [2.05, 4.69) is 15.5 Å². The van der Waals surface area contributed by atoms with Crippen molar-refractivity contribution in [3.63, 3.8) is 0 Å². The Bertz CT molecular complexity index is 462. The number of carbonyl (C=O) groups excluding carboxylic acids is 2. The third kappa shape index (κ3) is 3.43. The van der Waals surface area contributed by atoms with Crippen molar-refractivity contribution in [1.82, 2.24) is 0 Å². The molecule has 0 aliphatic carbocycles. The van der Waals surface area contributed by atoms with E-state index < -0.39 is 11.9 Å². The number of hydrogen-bond acceptors (Lipinski definition) is 5. The molecule has 0 saturated carbocycles. The zero-order chi connectivity index (χ0) is 13.5. The van der Waals surface area contributed by atoms with Crippen LogP contribution >= 0.6 is 0 Å². The molecule has 0 aliphatic heterocycles. The van der Waals surface area contributed by atoms with E-state index in [1.54, 1.807) is 18.2 Å². The lowest BCUT2D eigenvalue weighted by Gasteiger charge is -2.04. The second-order valence-corrected chi connectivity index (χ2v) is 3.40. The molecule has 0 aromatic heterocycles. The predicted molar refractivity (Wildman–Crippen MR) is 65.2 cm³/mol. The summed E-state index contributed by atoms with van der Waals surface area (Å²) < 4.78 is 9.03. The Labute approximate surface area is 105 Å². The highest BCUT2D eigenvalue weighted by atomic mass is 16.5. The van der Waals surface area contributed by atoms with Gasteiger partial charge in [-0.3, -0.25) is 0 Å². The maximum Gasteiger partial charge on any atom is 0.345 e. The fourth-order valence-electron chi connectivity index (χ4n) is 1.32. The minimum atomic E-state index is -0.756. The number of nitrogens with two attached hydrogens (primary N) is 1. The molecular weight excluding hydrogens is 234 g/mol. The van der Waals surface area contributed by atoms with Crippen LogP contribution in [0.1, 0.15) is 11.1 Å². The molecule has 0 fully saturated rings. The monoisotopic (exact) mass is 248 g/mol. The van der Waals surface area contributed by atoms with Crippen LogP contribution < -0.4 is 5.73 Å². The van der Waals surface area contributed by atoms with Gasteiger partial charge >= 0.3 is 11.9 Å². The van der Waals surface area contributed by atoms with E-state index in [0.29, 0.717) is 12.1 Å². The Kier molecular flexibility index (Phi) is 5.07. The van der Waals surface area contributed by atoms with E-state index in [-0.39, 0.29) is 5.57 Å². The molecule has 0 saturated heterocycles. The highest BCUT2D eigenvalue weighted by Gasteiger charge is 2.19. The highest BCUT2D eigenvalue weighted by molar-refractivity contribution is 6.17. The largest absolute Gasteiger partial charge is 0.465 e. The second-order valence-electron chi connectivity index (χ2n) is 3.40. The van der Waals surface area contributed by atoms with Crippen molar-refractivity contribution in [2.24, 2.45) is 5.73 Å². The standard InChI is InChI=1S/C13H14NO4/c1-17-12(15)11(13(16)18-2)7-9-4-3-5-10(6-9)8-14/h3,5-7H,8,14H2,1-2H3. The molecule has 1 aromatic carbocycles. The number of carbonyl (C=O) groups is 2. The van der Waals surface area contributed by atoms with Crippen molar-refractivity contribution in [2.45, 2.75) is 6.54 Å². The van der Waals surface area contributed by atoms with Crippen LogP contribution in [0.5, 0.6) is 0 Å². The van der Waals surface area contributed by atoms with Gasteiger partial charge in [-0.15, -0.1) is 0 Å². The summed E-state index contributed by atoms with van der Waals surface area (Å²) in [6, 6.07) is 8.08. The maximum atomic E-state index is 11.4. The Hall–Kier alpha value is -2.14. The van der Waals surface area contributed by atoms with E-state index in [9.17, 15) is 9.59 Å². The van der Waals surface area contributed by atoms with Crippen LogP contribution in [0.15, 0.2) is 23.8 Å². The van der Waals surface area contributed by atoms with Crippen LogP contribution in [0.2, 0.25) is 0 Å². The molecule has 95 valence electrons. The van der Waals surface area contributed by atoms with E-state index >= 15 is 0 Å². The maximum absolute atomic E-state index is 11.4. The quantitative estimate of drug-likeness (QED) is 0.367. The lowest BCUT2D eigenvalue weighted by molar-refractivity contribution is -0.143. The lowest BCUT2D eigenvalue weighted by Crippen LogP contribution is -2.15. The first-order chi connectivity index (χ1) is 8.62. The van der Waals surface area contributed by atoms with Gasteiger partial charge in [0, 0.05) is 6.54 Å². The molecule has 0 unspecified atom stereocenters. The Morgan fingerprint density at radius 1 is 1.33 bits per heavy atom. The van der Waals surface area contributed by atoms with Gasteiger partial charge in [0.1, 0.15) is 5.57 Å². The zero-order valence-electron chi connectivity index (χ0n) is 10.2. The molecular formula is C13H14NO4. The fourth-order valence-corrected chi connectivity index (χ4v) is 1.32. The summed E-state index contributed by atoms with van der Waals surface area (Å²) in [6.45, 7) is 0.362. The summed E-state index contributed by atoms with van der Waals surface area (Å²) in [5.74, 6) is -1.51. The smallest absolute Gasteiger partial charge is 0.345 e. The second kappa shape index (κ2) is 6.56. The fraction of sp³-hybridized carbons (Fsp3) is 0.231. The topological polar surface area (TPSA) is 78.6 Å². The molecule has 0 heterocycles. The molecule has 2 N–H and O–H groups in total. The number of methoxy groups -OCH3 is 2. The molecule has 5 nitrogen and oxygen atoms in total. The minimum absolute atomic E-state index is 0.189. The molecule has 5 heteroatoms. The van der Waals surface area contributed by atoms with Crippen molar-refractivity contribution in [3.8, 4) is 0 Å². The van der Waals surface area contributed by atoms with Gasteiger partial charge in [0.25, 0.3) is 0 Å². The van der Waals surface area contributed by atoms with Crippen LogP contribution in [0.25, 0.3) is 6.08 Å². The molecule has 1 radical (unpaired) electrons. The van der Waals surface area contributed by atoms with Crippen LogP contribution in [0, 0.1) is 6.07 Å². The third-order valence-corrected chi connectivity index (χ3v) is 2.23. The minimum Gasteiger partial charge on any atom is -0.465 e. The van der Waals surface area contributed by atoms with Gasteiger partial charge in [-0.2, -0.15) is 0 Å². The number of hydrogen-bond donors (Lipinski definition) is 1.